The van der Waals surface area contributed by atoms with Crippen molar-refractivity contribution in [3.05, 3.63) is 0 Å². The zero-order valence-electron chi connectivity index (χ0n) is 7.93. The van der Waals surface area contributed by atoms with E-state index in [2.05, 4.69) is 10.5 Å². The van der Waals surface area contributed by atoms with Crippen LogP contribution in [0.15, 0.2) is 5.10 Å². The van der Waals surface area contributed by atoms with Gasteiger partial charge >= 0.3 is 5.97 Å². The van der Waals surface area contributed by atoms with Crippen molar-refractivity contribution in [3.8, 4) is 0 Å². The molecule has 0 aliphatic rings. The van der Waals surface area contributed by atoms with E-state index in [0.29, 0.717) is 0 Å². The topological polar surface area (TPSA) is 183 Å². The number of rotatable bonds is 6. The Bertz CT molecular complexity index is 287. The van der Waals surface area contributed by atoms with Crippen molar-refractivity contribution in [2.24, 2.45) is 28.0 Å². The van der Waals surface area contributed by atoms with E-state index in [9.17, 15) is 9.59 Å². The molecule has 0 bridgehead atoms. The van der Waals surface area contributed by atoms with Crippen LogP contribution in [0.4, 0.5) is 0 Å². The molecule has 9 heteroatoms. The molecule has 0 aliphatic heterocycles. The van der Waals surface area contributed by atoms with Gasteiger partial charge in [0.15, 0.2) is 11.3 Å². The molecule has 9 nitrogen and oxygen atoms in total. The third-order valence-electron chi connectivity index (χ3n) is 1.65. The number of guanidine groups is 1. The van der Waals surface area contributed by atoms with Gasteiger partial charge in [0.25, 0.3) is 0 Å². The van der Waals surface area contributed by atoms with E-state index in [1.165, 1.54) is 0 Å². The third kappa shape index (κ3) is 3.40. The summed E-state index contributed by atoms with van der Waals surface area (Å²) in [4.78, 5) is 22.0. The molecule has 15 heavy (non-hydrogen) atoms. The van der Waals surface area contributed by atoms with Crippen molar-refractivity contribution in [2.45, 2.75) is 5.54 Å². The maximum absolute atomic E-state index is 11.3. The standard InChI is InChI=1S/C6H14N6O3/c7-2-6(10,4(14)15)3(13)1-11-12-5(8)9/h11H,1-2,7,10H2,(H,14,15)(H4,8,9,12). The molecule has 0 amide bonds. The predicted molar refractivity (Wildman–Crippen MR) is 52.4 cm³/mol. The smallest absolute Gasteiger partial charge is 0.332 e. The van der Waals surface area contributed by atoms with Gasteiger partial charge in [0.2, 0.25) is 5.96 Å². The number of nitrogens with zero attached hydrogens (tertiary/aromatic N) is 1. The number of ketones is 1. The second-order valence-corrected chi connectivity index (χ2v) is 2.78. The molecule has 1 unspecified atom stereocenters. The van der Waals surface area contributed by atoms with Crippen LogP contribution < -0.4 is 28.4 Å². The summed E-state index contributed by atoms with van der Waals surface area (Å²) in [6.45, 7) is -0.928. The zero-order chi connectivity index (χ0) is 12.1. The van der Waals surface area contributed by atoms with E-state index in [4.69, 9.17) is 28.0 Å². The van der Waals surface area contributed by atoms with Crippen molar-refractivity contribution in [3.63, 3.8) is 0 Å². The number of nitrogens with two attached hydrogens (primary N) is 4. The van der Waals surface area contributed by atoms with Crippen molar-refractivity contribution in [1.82, 2.24) is 5.43 Å². The van der Waals surface area contributed by atoms with Crippen LogP contribution in [-0.2, 0) is 9.59 Å². The Morgan fingerprint density at radius 2 is 1.93 bits per heavy atom. The molecule has 0 heterocycles. The first-order valence-corrected chi connectivity index (χ1v) is 3.91. The van der Waals surface area contributed by atoms with Crippen molar-refractivity contribution in [1.29, 1.82) is 0 Å². The molecule has 0 spiro atoms. The van der Waals surface area contributed by atoms with Crippen LogP contribution in [0, 0.1) is 0 Å². The minimum absolute atomic E-state index is 0.284. The molecule has 0 radical (unpaired) electrons. The molecule has 0 aromatic carbocycles. The van der Waals surface area contributed by atoms with Gasteiger partial charge in [0.1, 0.15) is 0 Å². The average molecular weight is 218 g/mol. The number of hydrazone groups is 1. The monoisotopic (exact) mass is 218 g/mol. The quantitative estimate of drug-likeness (QED) is 0.113. The number of carboxylic acids is 1. The van der Waals surface area contributed by atoms with Crippen molar-refractivity contribution in [2.75, 3.05) is 13.1 Å². The molecule has 10 N–H and O–H groups in total. The lowest BCUT2D eigenvalue weighted by atomic mass is 9.95. The van der Waals surface area contributed by atoms with Crippen LogP contribution in [-0.4, -0.2) is 41.4 Å². The summed E-state index contributed by atoms with van der Waals surface area (Å²) in [6.07, 6.45) is 0. The maximum atomic E-state index is 11.3. The van der Waals surface area contributed by atoms with E-state index in [0.717, 1.165) is 0 Å². The minimum atomic E-state index is -2.12. The van der Waals surface area contributed by atoms with Gasteiger partial charge in [0.05, 0.1) is 6.54 Å². The highest BCUT2D eigenvalue weighted by atomic mass is 16.4. The second-order valence-electron chi connectivity index (χ2n) is 2.78. The number of nitrogens with one attached hydrogen (secondary N) is 1. The molecular weight excluding hydrogens is 204 g/mol. The number of hydrogen-bond acceptors (Lipinski definition) is 6. The van der Waals surface area contributed by atoms with E-state index < -0.39 is 30.4 Å². The van der Waals surface area contributed by atoms with Gasteiger partial charge in [-0.1, -0.05) is 0 Å². The lowest BCUT2D eigenvalue weighted by molar-refractivity contribution is -0.147. The first-order chi connectivity index (χ1) is 6.84. The Labute approximate surface area is 85.5 Å². The molecule has 0 aliphatic carbocycles. The highest BCUT2D eigenvalue weighted by molar-refractivity contribution is 6.08. The Morgan fingerprint density at radius 1 is 1.40 bits per heavy atom. The fraction of sp³-hybridized carbons (Fsp3) is 0.500. The highest BCUT2D eigenvalue weighted by Crippen LogP contribution is 1.99. The first kappa shape index (κ1) is 13.1. The van der Waals surface area contributed by atoms with Gasteiger partial charge in [-0.25, -0.2) is 4.79 Å². The summed E-state index contributed by atoms with van der Waals surface area (Å²) in [5.74, 6) is -2.60. The normalized spacial score (nSPS) is 13.7. The Balaban J connectivity index is 4.42. The number of hydrogen-bond donors (Lipinski definition) is 6. The number of carbonyl (C=O) groups excluding carboxylic acids is 1. The fourth-order valence-electron chi connectivity index (χ4n) is 0.681. The lowest BCUT2D eigenvalue weighted by Gasteiger charge is -2.20. The van der Waals surface area contributed by atoms with Crippen LogP contribution in [0.1, 0.15) is 0 Å². The van der Waals surface area contributed by atoms with Gasteiger partial charge in [-0.2, -0.15) is 0 Å². The molecular formula is C6H14N6O3. The van der Waals surface area contributed by atoms with Crippen LogP contribution in [0.5, 0.6) is 0 Å². The summed E-state index contributed by atoms with van der Waals surface area (Å²) in [5, 5.41) is 12.0. The van der Waals surface area contributed by atoms with Crippen LogP contribution >= 0.6 is 0 Å². The largest absolute Gasteiger partial charge is 0.479 e. The SMILES string of the molecule is NCC(N)(C(=O)O)C(=O)CNN=C(N)N. The maximum Gasteiger partial charge on any atom is 0.332 e. The fourth-order valence-corrected chi connectivity index (χ4v) is 0.681. The second kappa shape index (κ2) is 5.12. The molecule has 0 rings (SSSR count). The Morgan fingerprint density at radius 3 is 2.27 bits per heavy atom. The Hall–Kier alpha value is -1.87. The zero-order valence-corrected chi connectivity index (χ0v) is 7.93. The number of carbonyl (C=O) groups is 2. The molecule has 86 valence electrons. The van der Waals surface area contributed by atoms with Gasteiger partial charge in [-0.15, -0.1) is 5.10 Å². The molecule has 1 atom stereocenters. The molecule has 0 fully saturated rings. The van der Waals surface area contributed by atoms with E-state index in [-0.39, 0.29) is 5.96 Å². The molecule has 0 saturated carbocycles. The first-order valence-electron chi connectivity index (χ1n) is 3.91. The average Bonchev–Trinajstić information content (AvgIpc) is 2.15. The summed E-state index contributed by atoms with van der Waals surface area (Å²) in [7, 11) is 0. The van der Waals surface area contributed by atoms with E-state index in [1.807, 2.05) is 0 Å². The van der Waals surface area contributed by atoms with Crippen LogP contribution in [0.25, 0.3) is 0 Å². The summed E-state index contributed by atoms with van der Waals surface area (Å²) < 4.78 is 0. The minimum Gasteiger partial charge on any atom is -0.479 e. The van der Waals surface area contributed by atoms with Gasteiger partial charge in [-0.05, 0) is 0 Å². The van der Waals surface area contributed by atoms with Gasteiger partial charge < -0.3 is 28.0 Å². The summed E-state index contributed by atoms with van der Waals surface area (Å²) >= 11 is 0. The Kier molecular flexibility index (Phi) is 4.48. The molecule has 0 saturated heterocycles. The lowest BCUT2D eigenvalue weighted by Crippen LogP contribution is -2.62. The van der Waals surface area contributed by atoms with Crippen molar-refractivity contribution >= 4 is 17.7 Å². The van der Waals surface area contributed by atoms with E-state index >= 15 is 0 Å². The van der Waals surface area contributed by atoms with Gasteiger partial charge in [0, 0.05) is 6.54 Å². The number of carboxylic acid groups (broad SMARTS) is 1. The molecule has 0 aromatic heterocycles. The number of Topliss-reactive ketones (excluding diaryl/α,β-unsaturated/α-hetero) is 1. The van der Waals surface area contributed by atoms with Crippen molar-refractivity contribution < 1.29 is 14.7 Å². The molecule has 0 aromatic rings. The van der Waals surface area contributed by atoms with E-state index in [1.54, 1.807) is 0 Å². The van der Waals surface area contributed by atoms with Gasteiger partial charge in [-0.3, -0.25) is 10.2 Å². The van der Waals surface area contributed by atoms with Crippen LogP contribution in [0.2, 0.25) is 0 Å². The third-order valence-corrected chi connectivity index (χ3v) is 1.65. The van der Waals surface area contributed by atoms with Crippen LogP contribution in [0.3, 0.4) is 0 Å². The predicted octanol–water partition coefficient (Wildman–Crippen LogP) is -3.93. The number of aliphatic carboxylic acids is 1. The summed E-state index contributed by atoms with van der Waals surface area (Å²) in [6, 6.07) is 0. The highest BCUT2D eigenvalue weighted by Gasteiger charge is 2.40. The summed E-state index contributed by atoms with van der Waals surface area (Å²) in [5.41, 5.74) is 20.3.